The van der Waals surface area contributed by atoms with Crippen LogP contribution < -0.4 is 4.90 Å². The normalized spacial score (nSPS) is 15.0. The molecule has 0 aliphatic carbocycles. The molecule has 1 heterocycles. The highest BCUT2D eigenvalue weighted by Crippen LogP contribution is 2.19. The fourth-order valence-corrected chi connectivity index (χ4v) is 2.47. The molecule has 21 heavy (non-hydrogen) atoms. The number of rotatable bonds is 4. The van der Waals surface area contributed by atoms with Crippen molar-refractivity contribution in [3.63, 3.8) is 0 Å². The Hall–Kier alpha value is -1.75. The predicted molar refractivity (Wildman–Crippen MR) is 84.2 cm³/mol. The van der Waals surface area contributed by atoms with Crippen LogP contribution in [0.2, 0.25) is 5.02 Å². The smallest absolute Gasteiger partial charge is 0.313 e. The summed E-state index contributed by atoms with van der Waals surface area (Å²) < 4.78 is 4.88. The molecule has 0 unspecified atom stereocenters. The molecule has 6 heteroatoms. The predicted octanol–water partition coefficient (Wildman–Crippen LogP) is 2.39. The zero-order valence-electron chi connectivity index (χ0n) is 12.1. The molecule has 0 atom stereocenters. The van der Waals surface area contributed by atoms with Crippen molar-refractivity contribution < 1.29 is 9.53 Å². The zero-order valence-corrected chi connectivity index (χ0v) is 12.9. The Balaban J connectivity index is 1.84. The van der Waals surface area contributed by atoms with Crippen LogP contribution in [0.15, 0.2) is 24.3 Å². The van der Waals surface area contributed by atoms with Crippen molar-refractivity contribution in [3.8, 4) is 0 Å². The summed E-state index contributed by atoms with van der Waals surface area (Å²) in [6, 6.07) is 7.77. The molecule has 5 nitrogen and oxygen atoms in total. The number of esters is 1. The summed E-state index contributed by atoms with van der Waals surface area (Å²) in [4.78, 5) is 15.6. The number of amidine groups is 1. The first kappa shape index (κ1) is 15.6. The van der Waals surface area contributed by atoms with E-state index >= 15 is 0 Å². The number of anilines is 1. The number of benzene rings is 1. The third-order valence-electron chi connectivity index (χ3n) is 3.47. The molecule has 1 aromatic rings. The van der Waals surface area contributed by atoms with Gasteiger partial charge < -0.3 is 14.5 Å². The van der Waals surface area contributed by atoms with Crippen molar-refractivity contribution in [2.75, 3.05) is 37.7 Å². The maximum atomic E-state index is 11.4. The van der Waals surface area contributed by atoms with Gasteiger partial charge in [0, 0.05) is 36.9 Å². The molecule has 1 fully saturated rings. The van der Waals surface area contributed by atoms with Crippen LogP contribution in [0.3, 0.4) is 0 Å². The van der Waals surface area contributed by atoms with Gasteiger partial charge in [0.05, 0.1) is 6.61 Å². The van der Waals surface area contributed by atoms with Crippen LogP contribution in [-0.2, 0) is 9.53 Å². The summed E-state index contributed by atoms with van der Waals surface area (Å²) in [5, 5.41) is 8.71. The molecule has 1 aliphatic rings. The Morgan fingerprint density at radius 1 is 1.24 bits per heavy atom. The minimum atomic E-state index is -0.331. The molecule has 0 aromatic heterocycles. The van der Waals surface area contributed by atoms with Crippen LogP contribution in [0.25, 0.3) is 0 Å². The molecule has 1 saturated heterocycles. The molecule has 1 aromatic carbocycles. The van der Waals surface area contributed by atoms with E-state index in [4.69, 9.17) is 21.7 Å². The number of halogens is 1. The van der Waals surface area contributed by atoms with E-state index in [-0.39, 0.29) is 12.4 Å². The Morgan fingerprint density at radius 2 is 1.86 bits per heavy atom. The van der Waals surface area contributed by atoms with Gasteiger partial charge in [-0.1, -0.05) is 11.6 Å². The molecule has 1 aliphatic heterocycles. The minimum absolute atomic E-state index is 0.0504. The second-order valence-electron chi connectivity index (χ2n) is 4.88. The van der Waals surface area contributed by atoms with E-state index < -0.39 is 0 Å². The van der Waals surface area contributed by atoms with Gasteiger partial charge in [0.25, 0.3) is 0 Å². The maximum absolute atomic E-state index is 11.4. The topological polar surface area (TPSA) is 56.6 Å². The molecule has 2 rings (SSSR count). The van der Waals surface area contributed by atoms with Crippen molar-refractivity contribution in [2.45, 2.75) is 13.3 Å². The third kappa shape index (κ3) is 4.36. The lowest BCUT2D eigenvalue weighted by Gasteiger charge is -2.37. The van der Waals surface area contributed by atoms with Crippen LogP contribution in [0.4, 0.5) is 5.69 Å². The first-order chi connectivity index (χ1) is 10.1. The van der Waals surface area contributed by atoms with E-state index in [9.17, 15) is 4.79 Å². The molecule has 114 valence electrons. The van der Waals surface area contributed by atoms with Crippen LogP contribution >= 0.6 is 11.6 Å². The van der Waals surface area contributed by atoms with Gasteiger partial charge in [-0.15, -0.1) is 0 Å². The van der Waals surface area contributed by atoms with Crippen molar-refractivity contribution in [2.24, 2.45) is 0 Å². The van der Waals surface area contributed by atoms with Crippen molar-refractivity contribution in [1.29, 1.82) is 5.41 Å². The van der Waals surface area contributed by atoms with Crippen LogP contribution in [0.5, 0.6) is 0 Å². The van der Waals surface area contributed by atoms with E-state index in [0.717, 1.165) is 36.9 Å². The number of piperazine rings is 1. The monoisotopic (exact) mass is 309 g/mol. The van der Waals surface area contributed by atoms with E-state index in [1.807, 2.05) is 29.2 Å². The van der Waals surface area contributed by atoms with E-state index in [1.165, 1.54) is 0 Å². The quantitative estimate of drug-likeness (QED) is 0.527. The summed E-state index contributed by atoms with van der Waals surface area (Å²) in [6.45, 7) is 5.25. The third-order valence-corrected chi connectivity index (χ3v) is 3.72. The maximum Gasteiger partial charge on any atom is 0.313 e. The van der Waals surface area contributed by atoms with Gasteiger partial charge in [-0.05, 0) is 31.2 Å². The molecule has 0 saturated carbocycles. The van der Waals surface area contributed by atoms with E-state index in [1.54, 1.807) is 6.92 Å². The van der Waals surface area contributed by atoms with Crippen LogP contribution in [0.1, 0.15) is 13.3 Å². The van der Waals surface area contributed by atoms with Crippen LogP contribution in [0, 0.1) is 5.41 Å². The lowest BCUT2D eigenvalue weighted by atomic mass is 10.2. The molecular formula is C15H20ClN3O2. The standard InChI is InChI=1S/C15H20ClN3O2/c1-2-21-15(20)11-14(17)19-9-7-18(8-10-19)13-5-3-12(16)4-6-13/h3-6,17H,2,7-11H2,1H3. The van der Waals surface area contributed by atoms with Gasteiger partial charge in [0.2, 0.25) is 0 Å². The highest BCUT2D eigenvalue weighted by molar-refractivity contribution is 6.30. The number of carbonyl (C=O) groups is 1. The van der Waals surface area contributed by atoms with Crippen molar-refractivity contribution in [1.82, 2.24) is 4.90 Å². The number of hydrogen-bond acceptors (Lipinski definition) is 4. The summed E-state index contributed by atoms with van der Waals surface area (Å²) in [5.41, 5.74) is 1.14. The Bertz CT molecular complexity index is 496. The summed E-state index contributed by atoms with van der Waals surface area (Å²) in [7, 11) is 0. The Kier molecular flexibility index (Phi) is 5.44. The van der Waals surface area contributed by atoms with Gasteiger partial charge in [-0.3, -0.25) is 10.2 Å². The summed E-state index contributed by atoms with van der Waals surface area (Å²) >= 11 is 5.89. The molecular weight excluding hydrogens is 290 g/mol. The lowest BCUT2D eigenvalue weighted by molar-refractivity contribution is -0.141. The molecule has 0 bridgehead atoms. The van der Waals surface area contributed by atoms with Gasteiger partial charge in [0.15, 0.2) is 0 Å². The number of carbonyl (C=O) groups excluding carboxylic acids is 1. The fraction of sp³-hybridized carbons (Fsp3) is 0.467. The van der Waals surface area contributed by atoms with Gasteiger partial charge >= 0.3 is 5.97 Å². The second-order valence-corrected chi connectivity index (χ2v) is 5.32. The Morgan fingerprint density at radius 3 is 2.43 bits per heavy atom. The highest BCUT2D eigenvalue weighted by Gasteiger charge is 2.20. The number of hydrogen-bond donors (Lipinski definition) is 1. The highest BCUT2D eigenvalue weighted by atomic mass is 35.5. The van der Waals surface area contributed by atoms with E-state index in [2.05, 4.69) is 4.90 Å². The average Bonchev–Trinajstić information content (AvgIpc) is 2.48. The van der Waals surface area contributed by atoms with Gasteiger partial charge in [-0.25, -0.2) is 0 Å². The SMILES string of the molecule is CCOC(=O)CC(=N)N1CCN(c2ccc(Cl)cc2)CC1. The first-order valence-electron chi connectivity index (χ1n) is 7.08. The van der Waals surface area contributed by atoms with Gasteiger partial charge in [-0.2, -0.15) is 0 Å². The number of nitrogens with zero attached hydrogens (tertiary/aromatic N) is 2. The number of ether oxygens (including phenoxy) is 1. The minimum Gasteiger partial charge on any atom is -0.466 e. The summed E-state index contributed by atoms with van der Waals surface area (Å²) in [6.07, 6.45) is 0.0504. The molecule has 0 radical (unpaired) electrons. The zero-order chi connectivity index (χ0) is 15.2. The van der Waals surface area contributed by atoms with Gasteiger partial charge in [0.1, 0.15) is 12.3 Å². The fourth-order valence-electron chi connectivity index (χ4n) is 2.35. The Labute approximate surface area is 129 Å². The number of nitrogens with one attached hydrogen (secondary N) is 1. The first-order valence-corrected chi connectivity index (χ1v) is 7.46. The molecule has 0 spiro atoms. The molecule has 0 amide bonds. The lowest BCUT2D eigenvalue weighted by Crippen LogP contribution is -2.49. The van der Waals surface area contributed by atoms with Crippen molar-refractivity contribution >= 4 is 29.1 Å². The van der Waals surface area contributed by atoms with E-state index in [0.29, 0.717) is 12.4 Å². The largest absolute Gasteiger partial charge is 0.466 e. The van der Waals surface area contributed by atoms with Crippen molar-refractivity contribution in [3.05, 3.63) is 29.3 Å². The summed E-state index contributed by atoms with van der Waals surface area (Å²) in [5.74, 6) is 0.00633. The van der Waals surface area contributed by atoms with Crippen LogP contribution in [-0.4, -0.2) is 49.5 Å². The molecule has 1 N–H and O–H groups in total. The average molecular weight is 310 g/mol. The second kappa shape index (κ2) is 7.31.